The Morgan fingerprint density at radius 3 is 2.07 bits per heavy atom. The molecule has 4 heteroatoms. The molecule has 0 amide bonds. The third kappa shape index (κ3) is 2.67. The lowest BCUT2D eigenvalue weighted by Crippen LogP contribution is -1.98. The maximum absolute atomic E-state index is 12.0. The molecule has 0 heterocycles. The number of halogens is 3. The van der Waals surface area contributed by atoms with Gasteiger partial charge in [0.15, 0.2) is 0 Å². The zero-order valence-corrected chi connectivity index (χ0v) is 8.16. The summed E-state index contributed by atoms with van der Waals surface area (Å²) in [5.41, 5.74) is -3.02. The Balaban J connectivity index is 2.06. The molecule has 0 spiro atoms. The molecule has 1 aliphatic carbocycles. The van der Waals surface area contributed by atoms with E-state index in [1.165, 1.54) is 12.8 Å². The van der Waals surface area contributed by atoms with E-state index < -0.39 is 5.51 Å². The molecule has 0 N–H and O–H groups in total. The van der Waals surface area contributed by atoms with Crippen LogP contribution in [0.2, 0.25) is 0 Å². The highest BCUT2D eigenvalue weighted by atomic mass is 32.2. The smallest absolute Gasteiger partial charge is 0.160 e. The van der Waals surface area contributed by atoms with Crippen LogP contribution in [0.5, 0.6) is 0 Å². The van der Waals surface area contributed by atoms with E-state index in [1.54, 1.807) is 24.3 Å². The summed E-state index contributed by atoms with van der Waals surface area (Å²) in [6.07, 6.45) is 2.34. The maximum atomic E-state index is 12.0. The van der Waals surface area contributed by atoms with Crippen molar-refractivity contribution < 1.29 is 13.2 Å². The van der Waals surface area contributed by atoms with Gasteiger partial charge >= 0.3 is 5.51 Å². The molecule has 0 aliphatic heterocycles. The molecule has 1 fully saturated rings. The summed E-state index contributed by atoms with van der Waals surface area (Å²) in [5, 5.41) is 0. The molecule has 2 rings (SSSR count). The fourth-order valence-corrected chi connectivity index (χ4v) is 1.90. The number of thioether (sulfide) groups is 1. The lowest BCUT2D eigenvalue weighted by atomic mass is 10.1. The lowest BCUT2D eigenvalue weighted by Gasteiger charge is -2.05. The van der Waals surface area contributed by atoms with Crippen LogP contribution in [0.1, 0.15) is 24.3 Å². The van der Waals surface area contributed by atoms with Gasteiger partial charge in [-0.15, -0.1) is 0 Å². The zero-order chi connectivity index (χ0) is 10.2. The second kappa shape index (κ2) is 3.50. The van der Waals surface area contributed by atoms with Crippen molar-refractivity contribution >= 4 is 11.8 Å². The number of benzene rings is 1. The molecule has 0 unspecified atom stereocenters. The van der Waals surface area contributed by atoms with Crippen molar-refractivity contribution in [1.82, 2.24) is 0 Å². The van der Waals surface area contributed by atoms with Crippen molar-refractivity contribution in [3.63, 3.8) is 0 Å². The van der Waals surface area contributed by atoms with Gasteiger partial charge in [-0.1, -0.05) is 12.1 Å². The molecule has 76 valence electrons. The SMILES string of the molecule is FC(F)(F)Sc1ccc(C2CC2)cc1. The molecule has 0 radical (unpaired) electrons. The van der Waals surface area contributed by atoms with Crippen LogP contribution >= 0.6 is 11.8 Å². The van der Waals surface area contributed by atoms with E-state index in [2.05, 4.69) is 0 Å². The summed E-state index contributed by atoms with van der Waals surface area (Å²) in [4.78, 5) is 0.266. The first-order valence-corrected chi connectivity index (χ1v) is 5.22. The van der Waals surface area contributed by atoms with Gasteiger partial charge in [0, 0.05) is 4.90 Å². The predicted octanol–water partition coefficient (Wildman–Crippen LogP) is 4.18. The Morgan fingerprint density at radius 1 is 1.07 bits per heavy atom. The average Bonchev–Trinajstić information content (AvgIpc) is 2.85. The summed E-state index contributed by atoms with van der Waals surface area (Å²) in [6.45, 7) is 0. The van der Waals surface area contributed by atoms with Gasteiger partial charge < -0.3 is 0 Å². The van der Waals surface area contributed by atoms with Crippen molar-refractivity contribution in [2.75, 3.05) is 0 Å². The normalized spacial score (nSPS) is 17.1. The minimum Gasteiger partial charge on any atom is -0.160 e. The van der Waals surface area contributed by atoms with Gasteiger partial charge in [0.25, 0.3) is 0 Å². The van der Waals surface area contributed by atoms with Gasteiger partial charge in [-0.05, 0) is 48.2 Å². The van der Waals surface area contributed by atoms with Crippen molar-refractivity contribution in [2.24, 2.45) is 0 Å². The summed E-state index contributed by atoms with van der Waals surface area (Å²) in [7, 11) is 0. The zero-order valence-electron chi connectivity index (χ0n) is 7.34. The standard InChI is InChI=1S/C10H9F3S/c11-10(12,13)14-9-5-3-8(4-6-9)7-1-2-7/h3-7H,1-2H2. The van der Waals surface area contributed by atoms with Gasteiger partial charge in [0.05, 0.1) is 0 Å². The summed E-state index contributed by atoms with van der Waals surface area (Å²) < 4.78 is 35.9. The maximum Gasteiger partial charge on any atom is 0.446 e. The molecule has 1 saturated carbocycles. The Morgan fingerprint density at radius 2 is 1.64 bits per heavy atom. The van der Waals surface area contributed by atoms with Gasteiger partial charge in [0.1, 0.15) is 0 Å². The van der Waals surface area contributed by atoms with Crippen molar-refractivity contribution in [3.05, 3.63) is 29.8 Å². The topological polar surface area (TPSA) is 0 Å². The van der Waals surface area contributed by atoms with Crippen molar-refractivity contribution in [1.29, 1.82) is 0 Å². The van der Waals surface area contributed by atoms with Crippen LogP contribution in [-0.4, -0.2) is 5.51 Å². The number of hydrogen-bond acceptors (Lipinski definition) is 1. The third-order valence-electron chi connectivity index (χ3n) is 2.16. The first kappa shape index (κ1) is 9.90. The van der Waals surface area contributed by atoms with Crippen LogP contribution < -0.4 is 0 Å². The van der Waals surface area contributed by atoms with E-state index in [1.807, 2.05) is 0 Å². The summed E-state index contributed by atoms with van der Waals surface area (Å²) in [5.74, 6) is 0.597. The third-order valence-corrected chi connectivity index (χ3v) is 2.90. The summed E-state index contributed by atoms with van der Waals surface area (Å²) >= 11 is -0.0584. The Hall–Kier alpha value is -0.640. The van der Waals surface area contributed by atoms with Crippen LogP contribution in [-0.2, 0) is 0 Å². The highest BCUT2D eigenvalue weighted by molar-refractivity contribution is 8.00. The number of hydrogen-bond donors (Lipinski definition) is 0. The molecule has 1 aromatic rings. The largest absolute Gasteiger partial charge is 0.446 e. The molecule has 0 bridgehead atoms. The fourth-order valence-electron chi connectivity index (χ4n) is 1.36. The first-order chi connectivity index (χ1) is 6.54. The Labute approximate surface area is 84.5 Å². The van der Waals surface area contributed by atoms with Gasteiger partial charge in [-0.3, -0.25) is 0 Å². The van der Waals surface area contributed by atoms with E-state index in [0.717, 1.165) is 5.56 Å². The number of alkyl halides is 3. The molecule has 1 aromatic carbocycles. The monoisotopic (exact) mass is 218 g/mol. The van der Waals surface area contributed by atoms with E-state index in [9.17, 15) is 13.2 Å². The highest BCUT2D eigenvalue weighted by Gasteiger charge is 2.29. The first-order valence-electron chi connectivity index (χ1n) is 4.40. The fraction of sp³-hybridized carbons (Fsp3) is 0.400. The van der Waals surface area contributed by atoms with Crippen LogP contribution in [0.3, 0.4) is 0 Å². The van der Waals surface area contributed by atoms with E-state index in [4.69, 9.17) is 0 Å². The molecule has 14 heavy (non-hydrogen) atoms. The molecule has 0 nitrogen and oxygen atoms in total. The van der Waals surface area contributed by atoms with E-state index >= 15 is 0 Å². The van der Waals surface area contributed by atoms with E-state index in [0.29, 0.717) is 5.92 Å². The number of rotatable bonds is 2. The van der Waals surface area contributed by atoms with Crippen LogP contribution in [0.25, 0.3) is 0 Å². The Kier molecular flexibility index (Phi) is 2.47. The average molecular weight is 218 g/mol. The minimum atomic E-state index is -4.18. The lowest BCUT2D eigenvalue weighted by molar-refractivity contribution is -0.0328. The summed E-state index contributed by atoms with van der Waals surface area (Å²) in [6, 6.07) is 6.69. The quantitative estimate of drug-likeness (QED) is 0.671. The van der Waals surface area contributed by atoms with Crippen molar-refractivity contribution in [2.45, 2.75) is 29.2 Å². The molecule has 0 saturated heterocycles. The second-order valence-corrected chi connectivity index (χ2v) is 4.53. The Bertz CT molecular complexity index is 311. The molecule has 0 aromatic heterocycles. The van der Waals surface area contributed by atoms with Gasteiger partial charge in [0.2, 0.25) is 0 Å². The molecule has 1 aliphatic rings. The van der Waals surface area contributed by atoms with Gasteiger partial charge in [-0.25, -0.2) is 0 Å². The van der Waals surface area contributed by atoms with Crippen LogP contribution in [0.15, 0.2) is 29.2 Å². The van der Waals surface area contributed by atoms with Crippen LogP contribution in [0.4, 0.5) is 13.2 Å². The molecule has 0 atom stereocenters. The molecular formula is C10H9F3S. The minimum absolute atomic E-state index is 0.0584. The van der Waals surface area contributed by atoms with Gasteiger partial charge in [-0.2, -0.15) is 13.2 Å². The second-order valence-electron chi connectivity index (χ2n) is 3.39. The van der Waals surface area contributed by atoms with Crippen molar-refractivity contribution in [3.8, 4) is 0 Å². The van der Waals surface area contributed by atoms with Crippen LogP contribution in [0, 0.1) is 0 Å². The highest BCUT2D eigenvalue weighted by Crippen LogP contribution is 2.42. The molecular weight excluding hydrogens is 209 g/mol. The van der Waals surface area contributed by atoms with E-state index in [-0.39, 0.29) is 16.7 Å². The predicted molar refractivity (Wildman–Crippen MR) is 50.3 cm³/mol.